The van der Waals surface area contributed by atoms with Crippen LogP contribution in [0.1, 0.15) is 33.7 Å². The molecule has 0 unspecified atom stereocenters. The molecule has 0 aliphatic heterocycles. The lowest BCUT2D eigenvalue weighted by Gasteiger charge is -2.18. The average molecular weight is 315 g/mol. The van der Waals surface area contributed by atoms with Crippen LogP contribution in [0.15, 0.2) is 16.7 Å². The number of nitrogens with one attached hydrogen (secondary N) is 1. The standard InChI is InChI=1S/C18H25N3O2/c1-11-7-12(2)18(13(3)8-11)19-17(22)10-21(6)9-16-14(4)20-23-15(16)5/h7-8H,9-10H2,1-6H3,(H,19,22). The summed E-state index contributed by atoms with van der Waals surface area (Å²) in [5.41, 5.74) is 6.20. The van der Waals surface area contributed by atoms with Gasteiger partial charge in [0.1, 0.15) is 5.76 Å². The fourth-order valence-corrected chi connectivity index (χ4v) is 2.85. The van der Waals surface area contributed by atoms with E-state index in [2.05, 4.69) is 29.5 Å². The van der Waals surface area contributed by atoms with Gasteiger partial charge in [-0.05, 0) is 52.8 Å². The number of aromatic nitrogens is 1. The van der Waals surface area contributed by atoms with Crippen LogP contribution in [0.4, 0.5) is 5.69 Å². The zero-order valence-corrected chi connectivity index (χ0v) is 14.8. The van der Waals surface area contributed by atoms with E-state index in [9.17, 15) is 4.79 Å². The number of amides is 1. The van der Waals surface area contributed by atoms with Crippen LogP contribution in [0.3, 0.4) is 0 Å². The molecular formula is C18H25N3O2. The van der Waals surface area contributed by atoms with Gasteiger partial charge in [0.25, 0.3) is 0 Å². The van der Waals surface area contributed by atoms with Gasteiger partial charge in [-0.2, -0.15) is 0 Å². The van der Waals surface area contributed by atoms with Crippen molar-refractivity contribution in [3.8, 4) is 0 Å². The van der Waals surface area contributed by atoms with E-state index in [1.54, 1.807) is 0 Å². The van der Waals surface area contributed by atoms with Crippen LogP contribution >= 0.6 is 0 Å². The predicted octanol–water partition coefficient (Wildman–Crippen LogP) is 3.29. The van der Waals surface area contributed by atoms with E-state index in [1.807, 2.05) is 39.6 Å². The van der Waals surface area contributed by atoms with Crippen molar-refractivity contribution in [3.05, 3.63) is 45.8 Å². The molecule has 23 heavy (non-hydrogen) atoms. The molecule has 2 aromatic rings. The summed E-state index contributed by atoms with van der Waals surface area (Å²) in [5, 5.41) is 6.97. The van der Waals surface area contributed by atoms with Gasteiger partial charge < -0.3 is 9.84 Å². The number of anilines is 1. The maximum atomic E-state index is 12.3. The number of hydrogen-bond acceptors (Lipinski definition) is 4. The Labute approximate surface area is 137 Å². The molecule has 0 spiro atoms. The third-order valence-corrected chi connectivity index (χ3v) is 3.96. The molecule has 0 fully saturated rings. The topological polar surface area (TPSA) is 58.4 Å². The average Bonchev–Trinajstić information content (AvgIpc) is 2.74. The fraction of sp³-hybridized carbons (Fsp3) is 0.444. The summed E-state index contributed by atoms with van der Waals surface area (Å²) < 4.78 is 5.16. The van der Waals surface area contributed by atoms with Gasteiger partial charge in [-0.3, -0.25) is 9.69 Å². The first kappa shape index (κ1) is 17.2. The highest BCUT2D eigenvalue weighted by Gasteiger charge is 2.15. The molecule has 0 aliphatic rings. The Kier molecular flexibility index (Phi) is 5.21. The molecule has 1 aromatic heterocycles. The van der Waals surface area contributed by atoms with E-state index < -0.39 is 0 Å². The first-order chi connectivity index (χ1) is 10.8. The summed E-state index contributed by atoms with van der Waals surface area (Å²) >= 11 is 0. The zero-order valence-electron chi connectivity index (χ0n) is 14.8. The van der Waals surface area contributed by atoms with Crippen molar-refractivity contribution in [1.82, 2.24) is 10.1 Å². The minimum atomic E-state index is -0.0192. The summed E-state index contributed by atoms with van der Waals surface area (Å²) in [6, 6.07) is 4.16. The third-order valence-electron chi connectivity index (χ3n) is 3.96. The minimum Gasteiger partial charge on any atom is -0.361 e. The number of benzene rings is 1. The van der Waals surface area contributed by atoms with Crippen LogP contribution in [0.5, 0.6) is 0 Å². The van der Waals surface area contributed by atoms with Crippen molar-refractivity contribution in [2.75, 3.05) is 18.9 Å². The number of rotatable bonds is 5. The van der Waals surface area contributed by atoms with E-state index >= 15 is 0 Å². The van der Waals surface area contributed by atoms with Gasteiger partial charge in [0.2, 0.25) is 5.91 Å². The van der Waals surface area contributed by atoms with E-state index in [-0.39, 0.29) is 5.91 Å². The molecule has 0 radical (unpaired) electrons. The van der Waals surface area contributed by atoms with Crippen molar-refractivity contribution in [2.24, 2.45) is 0 Å². The van der Waals surface area contributed by atoms with Crippen molar-refractivity contribution in [1.29, 1.82) is 0 Å². The van der Waals surface area contributed by atoms with Gasteiger partial charge in [-0.15, -0.1) is 0 Å². The molecule has 0 atom stereocenters. The molecule has 0 saturated heterocycles. The Morgan fingerprint density at radius 3 is 2.30 bits per heavy atom. The maximum Gasteiger partial charge on any atom is 0.238 e. The molecular weight excluding hydrogens is 290 g/mol. The SMILES string of the molecule is Cc1cc(C)c(NC(=O)CN(C)Cc2c(C)noc2C)c(C)c1. The van der Waals surface area contributed by atoms with Gasteiger partial charge in [-0.1, -0.05) is 22.9 Å². The Morgan fingerprint density at radius 1 is 1.17 bits per heavy atom. The number of carbonyl (C=O) groups is 1. The quantitative estimate of drug-likeness (QED) is 0.920. The lowest BCUT2D eigenvalue weighted by molar-refractivity contribution is -0.117. The minimum absolute atomic E-state index is 0.0192. The van der Waals surface area contributed by atoms with Crippen molar-refractivity contribution < 1.29 is 9.32 Å². The van der Waals surface area contributed by atoms with Gasteiger partial charge >= 0.3 is 0 Å². The second kappa shape index (κ2) is 6.96. The lowest BCUT2D eigenvalue weighted by Crippen LogP contribution is -2.30. The first-order valence-corrected chi connectivity index (χ1v) is 7.76. The lowest BCUT2D eigenvalue weighted by atomic mass is 10.1. The highest BCUT2D eigenvalue weighted by atomic mass is 16.5. The third kappa shape index (κ3) is 4.20. The second-order valence-electron chi connectivity index (χ2n) is 6.30. The van der Waals surface area contributed by atoms with Crippen LogP contribution in [0, 0.1) is 34.6 Å². The number of carbonyl (C=O) groups excluding carboxylic acids is 1. The first-order valence-electron chi connectivity index (χ1n) is 7.76. The summed E-state index contributed by atoms with van der Waals surface area (Å²) in [6.45, 7) is 10.9. The monoisotopic (exact) mass is 315 g/mol. The van der Waals surface area contributed by atoms with E-state index in [0.29, 0.717) is 13.1 Å². The molecule has 1 N–H and O–H groups in total. The van der Waals surface area contributed by atoms with Crippen LogP contribution in [-0.4, -0.2) is 29.6 Å². The molecule has 5 heteroatoms. The fourth-order valence-electron chi connectivity index (χ4n) is 2.85. The van der Waals surface area contributed by atoms with E-state index in [1.165, 1.54) is 5.56 Å². The number of nitrogens with zero attached hydrogens (tertiary/aromatic N) is 2. The van der Waals surface area contributed by atoms with Crippen LogP contribution in [0.2, 0.25) is 0 Å². The van der Waals surface area contributed by atoms with Crippen LogP contribution in [-0.2, 0) is 11.3 Å². The molecule has 0 bridgehead atoms. The molecule has 5 nitrogen and oxygen atoms in total. The highest BCUT2D eigenvalue weighted by Crippen LogP contribution is 2.22. The highest BCUT2D eigenvalue weighted by molar-refractivity contribution is 5.93. The van der Waals surface area contributed by atoms with Gasteiger partial charge in [0, 0.05) is 17.8 Å². The Morgan fingerprint density at radius 2 is 1.78 bits per heavy atom. The van der Waals surface area contributed by atoms with Crippen LogP contribution < -0.4 is 5.32 Å². The van der Waals surface area contributed by atoms with Gasteiger partial charge in [0.15, 0.2) is 0 Å². The number of likely N-dealkylation sites (N-methyl/N-ethyl adjacent to an activating group) is 1. The van der Waals surface area contributed by atoms with Crippen LogP contribution in [0.25, 0.3) is 0 Å². The molecule has 0 saturated carbocycles. The summed E-state index contributed by atoms with van der Waals surface area (Å²) in [6.07, 6.45) is 0. The largest absolute Gasteiger partial charge is 0.361 e. The molecule has 124 valence electrons. The van der Waals surface area contributed by atoms with Gasteiger partial charge in [-0.25, -0.2) is 0 Å². The van der Waals surface area contributed by atoms with Crippen molar-refractivity contribution >= 4 is 11.6 Å². The molecule has 1 amide bonds. The molecule has 2 rings (SSSR count). The smallest absolute Gasteiger partial charge is 0.238 e. The van der Waals surface area contributed by atoms with E-state index in [0.717, 1.165) is 33.8 Å². The summed E-state index contributed by atoms with van der Waals surface area (Å²) in [4.78, 5) is 14.3. The molecule has 0 aliphatic carbocycles. The zero-order chi connectivity index (χ0) is 17.1. The Bertz CT molecular complexity index is 677. The summed E-state index contributed by atoms with van der Waals surface area (Å²) in [7, 11) is 1.92. The Hall–Kier alpha value is -2.14. The van der Waals surface area contributed by atoms with Crippen molar-refractivity contribution in [2.45, 2.75) is 41.2 Å². The second-order valence-corrected chi connectivity index (χ2v) is 6.30. The normalized spacial score (nSPS) is 11.1. The van der Waals surface area contributed by atoms with Gasteiger partial charge in [0.05, 0.1) is 12.2 Å². The maximum absolute atomic E-state index is 12.3. The van der Waals surface area contributed by atoms with E-state index in [4.69, 9.17) is 4.52 Å². The predicted molar refractivity (Wildman–Crippen MR) is 91.6 cm³/mol. The number of aryl methyl sites for hydroxylation is 5. The van der Waals surface area contributed by atoms with Crippen molar-refractivity contribution in [3.63, 3.8) is 0 Å². The summed E-state index contributed by atoms with van der Waals surface area (Å²) in [5.74, 6) is 0.786. The Balaban J connectivity index is 2.00. The molecule has 1 aromatic carbocycles. The number of hydrogen-bond donors (Lipinski definition) is 1. The molecule has 1 heterocycles.